The van der Waals surface area contributed by atoms with Crippen molar-refractivity contribution in [1.82, 2.24) is 19.7 Å². The van der Waals surface area contributed by atoms with Crippen molar-refractivity contribution in [2.45, 2.75) is 13.0 Å². The smallest absolute Gasteiger partial charge is 0.288 e. The quantitative estimate of drug-likeness (QED) is 0.625. The third kappa shape index (κ3) is 5.09. The third-order valence-corrected chi connectivity index (χ3v) is 5.24. The molecule has 0 saturated carbocycles. The van der Waals surface area contributed by atoms with Gasteiger partial charge in [-0.1, -0.05) is 41.9 Å². The molecule has 1 aliphatic rings. The molecule has 7 heteroatoms. The largest absolute Gasteiger partial charge is 0.379 e. The van der Waals surface area contributed by atoms with Gasteiger partial charge >= 0.3 is 0 Å². The van der Waals surface area contributed by atoms with Gasteiger partial charge < -0.3 is 4.74 Å². The molecule has 0 N–H and O–H groups in total. The topological polar surface area (TPSA) is 60.2 Å². The van der Waals surface area contributed by atoms with Gasteiger partial charge in [0, 0.05) is 36.6 Å². The van der Waals surface area contributed by atoms with Gasteiger partial charge in [-0.3, -0.25) is 9.69 Å². The summed E-state index contributed by atoms with van der Waals surface area (Å²) in [5, 5.41) is 5.20. The molecule has 6 nitrogen and oxygen atoms in total. The minimum absolute atomic E-state index is 0.139. The van der Waals surface area contributed by atoms with Crippen LogP contribution in [0, 0.1) is 0 Å². The molecule has 0 atom stereocenters. The van der Waals surface area contributed by atoms with Gasteiger partial charge in [-0.05, 0) is 29.8 Å². The van der Waals surface area contributed by atoms with Gasteiger partial charge in [-0.15, -0.1) is 5.10 Å². The van der Waals surface area contributed by atoms with Crippen LogP contribution in [0.4, 0.5) is 0 Å². The van der Waals surface area contributed by atoms with Gasteiger partial charge in [0.05, 0.1) is 19.8 Å². The SMILES string of the molecule is O=c1c(Cc2ccccc2)nc(-c2ccc(Cl)cc2)nn1CCN1CCOCC1. The summed E-state index contributed by atoms with van der Waals surface area (Å²) in [6.45, 7) is 4.48. The predicted molar refractivity (Wildman–Crippen MR) is 113 cm³/mol. The summed E-state index contributed by atoms with van der Waals surface area (Å²) in [4.78, 5) is 19.9. The minimum atomic E-state index is -0.139. The maximum absolute atomic E-state index is 13.1. The van der Waals surface area contributed by atoms with E-state index in [4.69, 9.17) is 16.3 Å². The maximum Gasteiger partial charge on any atom is 0.288 e. The molecule has 2 heterocycles. The second kappa shape index (κ2) is 9.31. The highest BCUT2D eigenvalue weighted by Gasteiger charge is 2.15. The van der Waals surface area contributed by atoms with Gasteiger partial charge in [-0.2, -0.15) is 0 Å². The summed E-state index contributed by atoms with van der Waals surface area (Å²) in [7, 11) is 0. The number of hydrogen-bond donors (Lipinski definition) is 0. The van der Waals surface area contributed by atoms with Crippen LogP contribution in [0.3, 0.4) is 0 Å². The first-order valence-corrected chi connectivity index (χ1v) is 10.1. The summed E-state index contributed by atoms with van der Waals surface area (Å²) < 4.78 is 6.95. The highest BCUT2D eigenvalue weighted by atomic mass is 35.5. The van der Waals surface area contributed by atoms with Crippen LogP contribution in [-0.4, -0.2) is 52.5 Å². The molecule has 150 valence electrons. The first kappa shape index (κ1) is 19.8. The van der Waals surface area contributed by atoms with Crippen LogP contribution in [0.5, 0.6) is 0 Å². The Bertz CT molecular complexity index is 1000. The van der Waals surface area contributed by atoms with Crippen LogP contribution in [0.15, 0.2) is 59.4 Å². The Balaban J connectivity index is 1.66. The van der Waals surface area contributed by atoms with E-state index in [1.54, 1.807) is 16.8 Å². The lowest BCUT2D eigenvalue weighted by Gasteiger charge is -2.26. The van der Waals surface area contributed by atoms with Crippen molar-refractivity contribution in [1.29, 1.82) is 0 Å². The van der Waals surface area contributed by atoms with Gasteiger partial charge in [-0.25, -0.2) is 9.67 Å². The molecule has 1 aromatic heterocycles. The molecule has 0 amide bonds. The fourth-order valence-electron chi connectivity index (χ4n) is 3.34. The first-order chi connectivity index (χ1) is 14.2. The lowest BCUT2D eigenvalue weighted by Crippen LogP contribution is -2.40. The molecule has 0 spiro atoms. The molecular formula is C22H23ClN4O2. The van der Waals surface area contributed by atoms with E-state index in [-0.39, 0.29) is 5.56 Å². The van der Waals surface area contributed by atoms with Crippen LogP contribution in [-0.2, 0) is 17.7 Å². The average Bonchev–Trinajstić information content (AvgIpc) is 2.76. The average molecular weight is 411 g/mol. The Morgan fingerprint density at radius 1 is 0.966 bits per heavy atom. The Morgan fingerprint density at radius 3 is 2.41 bits per heavy atom. The van der Waals surface area contributed by atoms with Crippen molar-refractivity contribution in [3.63, 3.8) is 0 Å². The van der Waals surface area contributed by atoms with E-state index in [1.807, 2.05) is 42.5 Å². The van der Waals surface area contributed by atoms with E-state index >= 15 is 0 Å². The number of hydrogen-bond acceptors (Lipinski definition) is 5. The van der Waals surface area contributed by atoms with Crippen LogP contribution in [0.2, 0.25) is 5.02 Å². The molecule has 2 aromatic carbocycles. The van der Waals surface area contributed by atoms with E-state index in [9.17, 15) is 4.79 Å². The van der Waals surface area contributed by atoms with Gasteiger partial charge in [0.15, 0.2) is 5.82 Å². The molecular weight excluding hydrogens is 388 g/mol. The zero-order valence-electron chi connectivity index (χ0n) is 16.1. The van der Waals surface area contributed by atoms with Crippen LogP contribution >= 0.6 is 11.6 Å². The van der Waals surface area contributed by atoms with E-state index in [1.165, 1.54) is 0 Å². The zero-order valence-corrected chi connectivity index (χ0v) is 16.9. The molecule has 0 bridgehead atoms. The van der Waals surface area contributed by atoms with Gasteiger partial charge in [0.2, 0.25) is 0 Å². The molecule has 3 aromatic rings. The fourth-order valence-corrected chi connectivity index (χ4v) is 3.47. The zero-order chi connectivity index (χ0) is 20.1. The van der Waals surface area contributed by atoms with Crippen molar-refractivity contribution in [3.05, 3.63) is 81.2 Å². The normalized spacial score (nSPS) is 14.8. The highest BCUT2D eigenvalue weighted by Crippen LogP contribution is 2.18. The Hall–Kier alpha value is -2.54. The lowest BCUT2D eigenvalue weighted by atomic mass is 10.1. The van der Waals surface area contributed by atoms with Crippen LogP contribution in [0.25, 0.3) is 11.4 Å². The summed E-state index contributed by atoms with van der Waals surface area (Å²) >= 11 is 6.02. The Kier molecular flexibility index (Phi) is 6.34. The number of benzene rings is 2. The molecule has 0 radical (unpaired) electrons. The number of morpholine rings is 1. The van der Waals surface area contributed by atoms with Crippen molar-refractivity contribution in [2.75, 3.05) is 32.8 Å². The number of aromatic nitrogens is 3. The molecule has 1 fully saturated rings. The minimum Gasteiger partial charge on any atom is -0.379 e. The Labute approximate surface area is 174 Å². The summed E-state index contributed by atoms with van der Waals surface area (Å²) in [5.41, 5.74) is 2.24. The second-order valence-corrected chi connectivity index (χ2v) is 7.47. The summed E-state index contributed by atoms with van der Waals surface area (Å²) in [6.07, 6.45) is 0.473. The molecule has 0 unspecified atom stereocenters. The number of halogens is 1. The van der Waals surface area contributed by atoms with Crippen molar-refractivity contribution < 1.29 is 4.74 Å². The number of ether oxygens (including phenoxy) is 1. The standard InChI is InChI=1S/C22H23ClN4O2/c23-19-8-6-18(7-9-19)21-24-20(16-17-4-2-1-3-5-17)22(28)27(25-21)11-10-26-12-14-29-15-13-26/h1-9H,10-16H2. The monoisotopic (exact) mass is 410 g/mol. The van der Waals surface area contributed by atoms with E-state index < -0.39 is 0 Å². The molecule has 0 aliphatic carbocycles. The fraction of sp³-hybridized carbons (Fsp3) is 0.318. The second-order valence-electron chi connectivity index (χ2n) is 7.03. The lowest BCUT2D eigenvalue weighted by molar-refractivity contribution is 0.0357. The Morgan fingerprint density at radius 2 is 1.69 bits per heavy atom. The van der Waals surface area contributed by atoms with Crippen molar-refractivity contribution in [2.24, 2.45) is 0 Å². The predicted octanol–water partition coefficient (Wildman–Crippen LogP) is 2.88. The van der Waals surface area contributed by atoms with Crippen LogP contribution < -0.4 is 5.56 Å². The number of rotatable bonds is 6. The summed E-state index contributed by atoms with van der Waals surface area (Å²) in [5.74, 6) is 0.536. The van der Waals surface area contributed by atoms with E-state index in [0.717, 1.165) is 44.0 Å². The molecule has 1 aliphatic heterocycles. The van der Waals surface area contributed by atoms with Gasteiger partial charge in [0.25, 0.3) is 5.56 Å². The number of nitrogens with zero attached hydrogens (tertiary/aromatic N) is 4. The summed E-state index contributed by atoms with van der Waals surface area (Å²) in [6, 6.07) is 17.3. The van der Waals surface area contributed by atoms with Crippen LogP contribution in [0.1, 0.15) is 11.3 Å². The van der Waals surface area contributed by atoms with Crippen molar-refractivity contribution in [3.8, 4) is 11.4 Å². The molecule has 29 heavy (non-hydrogen) atoms. The van der Waals surface area contributed by atoms with E-state index in [0.29, 0.717) is 29.5 Å². The molecule has 1 saturated heterocycles. The van der Waals surface area contributed by atoms with E-state index in [2.05, 4.69) is 15.0 Å². The third-order valence-electron chi connectivity index (χ3n) is 4.99. The first-order valence-electron chi connectivity index (χ1n) is 9.77. The highest BCUT2D eigenvalue weighted by molar-refractivity contribution is 6.30. The van der Waals surface area contributed by atoms with Crippen molar-refractivity contribution >= 4 is 11.6 Å². The maximum atomic E-state index is 13.1. The van der Waals surface area contributed by atoms with Gasteiger partial charge in [0.1, 0.15) is 5.69 Å². The molecule has 4 rings (SSSR count).